The Hall–Kier alpha value is -2.57. The van der Waals surface area contributed by atoms with Gasteiger partial charge >= 0.3 is 6.97 Å². The molecule has 2 aliphatic rings. The fraction of sp³-hybridized carbons (Fsp3) is 0. The third-order valence-corrected chi connectivity index (χ3v) is 3.73. The zero-order valence-corrected chi connectivity index (χ0v) is 10.7. The molecule has 0 atom stereocenters. The van der Waals surface area contributed by atoms with E-state index in [1.807, 2.05) is 0 Å². The minimum absolute atomic E-state index is 0.360. The Balaban J connectivity index is 2.06. The van der Waals surface area contributed by atoms with Gasteiger partial charge in [0.15, 0.2) is 5.70 Å². The number of nitrogens with zero attached hydrogens (tertiary/aromatic N) is 3. The van der Waals surface area contributed by atoms with Crippen LogP contribution in [0.4, 0.5) is 13.0 Å². The monoisotopic (exact) mass is 287 g/mol. The highest BCUT2D eigenvalue weighted by atomic mass is 19.2. The Morgan fingerprint density at radius 3 is 2.90 bits per heavy atom. The second kappa shape index (κ2) is 3.97. The van der Waals surface area contributed by atoms with Crippen LogP contribution < -0.4 is 0 Å². The van der Waals surface area contributed by atoms with Crippen molar-refractivity contribution in [3.8, 4) is 0 Å². The topological polar surface area (TPSA) is 20.8 Å². The minimum Gasteiger partial charge on any atom is -0.396 e. The quantitative estimate of drug-likeness (QED) is 0.739. The Labute approximate surface area is 118 Å². The highest BCUT2D eigenvalue weighted by Crippen LogP contribution is 2.38. The van der Waals surface area contributed by atoms with Crippen LogP contribution >= 0.6 is 0 Å². The molecule has 0 bridgehead atoms. The van der Waals surface area contributed by atoms with E-state index in [9.17, 15) is 13.0 Å². The summed E-state index contributed by atoms with van der Waals surface area (Å²) < 4.78 is 44.3. The largest absolute Gasteiger partial charge is 0.737 e. The average molecular weight is 287 g/mol. The van der Waals surface area contributed by atoms with Gasteiger partial charge in [-0.25, -0.2) is 4.39 Å². The smallest absolute Gasteiger partial charge is 0.396 e. The lowest BCUT2D eigenvalue weighted by molar-refractivity contribution is -0.356. The van der Waals surface area contributed by atoms with Crippen molar-refractivity contribution in [3.05, 3.63) is 71.7 Å². The average Bonchev–Trinajstić information content (AvgIpc) is 3.08. The molecule has 2 aromatic rings. The molecule has 2 aromatic heterocycles. The summed E-state index contributed by atoms with van der Waals surface area (Å²) in [7, 11) is 0. The van der Waals surface area contributed by atoms with Gasteiger partial charge in [0.25, 0.3) is 0 Å². The molecule has 104 valence electrons. The molecule has 0 fully saturated rings. The van der Waals surface area contributed by atoms with Crippen LogP contribution in [0.5, 0.6) is 0 Å². The van der Waals surface area contributed by atoms with E-state index in [0.717, 1.165) is 15.2 Å². The molecule has 0 saturated heterocycles. The van der Waals surface area contributed by atoms with Gasteiger partial charge in [-0.3, -0.25) is 4.98 Å². The SMILES string of the molecule is Fc1cncc(C2=C3C=CC=[N+]3[B-](F)(F)n3cccc32)c1. The maximum atomic E-state index is 14.5. The number of allylic oxidation sites excluding steroid dienone is 2. The van der Waals surface area contributed by atoms with Gasteiger partial charge in [-0.05, 0) is 24.4 Å². The van der Waals surface area contributed by atoms with Crippen LogP contribution in [-0.4, -0.2) is 27.1 Å². The number of rotatable bonds is 1. The van der Waals surface area contributed by atoms with Crippen molar-refractivity contribution in [2.45, 2.75) is 0 Å². The first-order valence-corrected chi connectivity index (χ1v) is 6.44. The van der Waals surface area contributed by atoms with E-state index in [2.05, 4.69) is 4.98 Å². The first kappa shape index (κ1) is 12.2. The van der Waals surface area contributed by atoms with Crippen LogP contribution in [0.1, 0.15) is 11.3 Å². The third-order valence-electron chi connectivity index (χ3n) is 3.73. The Kier molecular flexibility index (Phi) is 2.31. The summed E-state index contributed by atoms with van der Waals surface area (Å²) in [6.45, 7) is -3.92. The molecular weight excluding hydrogens is 278 g/mol. The van der Waals surface area contributed by atoms with E-state index in [1.165, 1.54) is 24.7 Å². The number of aromatic nitrogens is 2. The predicted molar refractivity (Wildman–Crippen MR) is 73.5 cm³/mol. The Morgan fingerprint density at radius 1 is 1.24 bits per heavy atom. The number of hydrogen-bond donors (Lipinski definition) is 0. The van der Waals surface area contributed by atoms with Gasteiger partial charge < -0.3 is 17.6 Å². The standard InChI is InChI=1S/C14H9BF3N3/c16-11-7-10(8-19-9-11)14-12-3-1-5-20(12)15(17,18)21-6-2-4-13(14)21/h1-9H. The normalized spacial score (nSPS) is 18.5. The zero-order valence-electron chi connectivity index (χ0n) is 10.7. The van der Waals surface area contributed by atoms with E-state index in [1.54, 1.807) is 24.3 Å². The third kappa shape index (κ3) is 1.57. The van der Waals surface area contributed by atoms with Gasteiger partial charge in [0.05, 0.1) is 11.8 Å². The molecule has 0 radical (unpaired) electrons. The number of fused-ring (bicyclic) bond motifs is 2. The predicted octanol–water partition coefficient (Wildman–Crippen LogP) is 2.67. The van der Waals surface area contributed by atoms with E-state index < -0.39 is 12.8 Å². The molecule has 0 N–H and O–H groups in total. The number of hydrogen-bond acceptors (Lipinski definition) is 1. The molecule has 0 aromatic carbocycles. The maximum absolute atomic E-state index is 14.5. The first-order valence-electron chi connectivity index (χ1n) is 6.44. The lowest BCUT2D eigenvalue weighted by atomic mass is 9.87. The van der Waals surface area contributed by atoms with Gasteiger partial charge in [0, 0.05) is 29.6 Å². The molecule has 0 aliphatic carbocycles. The summed E-state index contributed by atoms with van der Waals surface area (Å²) in [5.74, 6) is -0.501. The minimum atomic E-state index is -3.92. The van der Waals surface area contributed by atoms with E-state index in [4.69, 9.17) is 0 Å². The van der Waals surface area contributed by atoms with Crippen molar-refractivity contribution < 1.29 is 17.5 Å². The Morgan fingerprint density at radius 2 is 2.10 bits per heavy atom. The van der Waals surface area contributed by atoms with Crippen LogP contribution in [0.2, 0.25) is 0 Å². The van der Waals surface area contributed by atoms with Crippen molar-refractivity contribution in [1.29, 1.82) is 0 Å². The molecule has 7 heteroatoms. The van der Waals surface area contributed by atoms with Crippen LogP contribution in [-0.2, 0) is 0 Å². The molecule has 0 saturated carbocycles. The van der Waals surface area contributed by atoms with Crippen molar-refractivity contribution in [1.82, 2.24) is 9.46 Å². The lowest BCUT2D eigenvalue weighted by Crippen LogP contribution is -2.49. The molecule has 4 rings (SSSR count). The summed E-state index contributed by atoms with van der Waals surface area (Å²) in [6, 6.07) is 4.46. The van der Waals surface area contributed by atoms with Gasteiger partial charge in [-0.2, -0.15) is 0 Å². The molecule has 3 nitrogen and oxygen atoms in total. The summed E-state index contributed by atoms with van der Waals surface area (Å²) >= 11 is 0. The molecule has 21 heavy (non-hydrogen) atoms. The van der Waals surface area contributed by atoms with Crippen LogP contribution in [0.25, 0.3) is 5.57 Å². The molecule has 0 amide bonds. The summed E-state index contributed by atoms with van der Waals surface area (Å²) in [5, 5.41) is 0. The van der Waals surface area contributed by atoms with E-state index in [0.29, 0.717) is 22.5 Å². The lowest BCUT2D eigenvalue weighted by Gasteiger charge is -2.30. The van der Waals surface area contributed by atoms with Gasteiger partial charge in [-0.1, -0.05) is 0 Å². The summed E-state index contributed by atoms with van der Waals surface area (Å²) in [4.78, 5) is 3.81. The molecule has 0 unspecified atom stereocenters. The van der Waals surface area contributed by atoms with Crippen molar-refractivity contribution in [2.75, 3.05) is 0 Å². The summed E-state index contributed by atoms with van der Waals surface area (Å²) in [6.07, 6.45) is 8.40. The second-order valence-corrected chi connectivity index (χ2v) is 4.96. The van der Waals surface area contributed by atoms with E-state index in [-0.39, 0.29) is 0 Å². The number of pyridine rings is 1. The van der Waals surface area contributed by atoms with Crippen LogP contribution in [0, 0.1) is 5.82 Å². The highest BCUT2D eigenvalue weighted by molar-refractivity contribution is 6.57. The highest BCUT2D eigenvalue weighted by Gasteiger charge is 2.51. The first-order chi connectivity index (χ1) is 10.1. The van der Waals surface area contributed by atoms with Gasteiger partial charge in [0.2, 0.25) is 0 Å². The fourth-order valence-corrected chi connectivity index (χ4v) is 2.86. The van der Waals surface area contributed by atoms with Gasteiger partial charge in [-0.15, -0.1) is 0 Å². The number of halogens is 3. The maximum Gasteiger partial charge on any atom is 0.737 e. The van der Waals surface area contributed by atoms with Crippen molar-refractivity contribution in [3.63, 3.8) is 0 Å². The summed E-state index contributed by atoms with van der Waals surface area (Å²) in [5.41, 5.74) is 1.74. The van der Waals surface area contributed by atoms with Crippen molar-refractivity contribution >= 4 is 18.8 Å². The van der Waals surface area contributed by atoms with Crippen LogP contribution in [0.3, 0.4) is 0 Å². The zero-order chi connectivity index (χ0) is 14.6. The van der Waals surface area contributed by atoms with Crippen molar-refractivity contribution in [2.24, 2.45) is 0 Å². The molecule has 2 aliphatic heterocycles. The Bertz CT molecular complexity index is 849. The second-order valence-electron chi connectivity index (χ2n) is 4.96. The molecule has 4 heterocycles. The van der Waals surface area contributed by atoms with Crippen LogP contribution in [0.15, 0.2) is 54.6 Å². The van der Waals surface area contributed by atoms with Gasteiger partial charge in [0.1, 0.15) is 12.0 Å². The molecular formula is C14H9BF3N3. The molecule has 0 spiro atoms. The fourth-order valence-electron chi connectivity index (χ4n) is 2.86. The van der Waals surface area contributed by atoms with E-state index >= 15 is 0 Å².